The molecule has 2 aliphatic heterocycles. The summed E-state index contributed by atoms with van der Waals surface area (Å²) in [4.78, 5) is 3.94. The summed E-state index contributed by atoms with van der Waals surface area (Å²) in [5.41, 5.74) is 2.30. The number of hydrogen-bond acceptors (Lipinski definition) is 10. The van der Waals surface area contributed by atoms with Crippen molar-refractivity contribution in [1.82, 2.24) is 9.80 Å². The first kappa shape index (κ1) is 27.5. The second kappa shape index (κ2) is 12.8. The highest BCUT2D eigenvalue weighted by atomic mass is 35.7. The molecule has 36 heavy (non-hydrogen) atoms. The zero-order valence-electron chi connectivity index (χ0n) is 19.0. The van der Waals surface area contributed by atoms with Gasteiger partial charge in [-0.2, -0.15) is 28.0 Å². The Hall–Kier alpha value is -3.06. The third-order valence-corrected chi connectivity index (χ3v) is 5.51. The van der Waals surface area contributed by atoms with Crippen molar-refractivity contribution in [3.8, 4) is 0 Å². The Kier molecular flexibility index (Phi) is 9.76. The standard InChI is InChI=1S/2C12H12ClNO4/c2*15-13(16,17)18-12-6-8-14(9-7-12)10-11-4-2-1-3-5-11/h2*1-8H,9-10H2. The van der Waals surface area contributed by atoms with Gasteiger partial charge in [0.1, 0.15) is 20.5 Å². The quantitative estimate of drug-likeness (QED) is 0.354. The molecule has 0 radical (unpaired) electrons. The topological polar surface area (TPSA) is 163 Å². The van der Waals surface area contributed by atoms with Crippen LogP contribution in [0, 0.1) is 20.5 Å². The Balaban J connectivity index is 0.000000201. The molecule has 0 saturated heterocycles. The van der Waals surface area contributed by atoms with Gasteiger partial charge in [-0.25, -0.2) is 0 Å². The van der Waals surface area contributed by atoms with Crippen molar-refractivity contribution in [2.75, 3.05) is 13.1 Å². The van der Waals surface area contributed by atoms with Crippen molar-refractivity contribution in [2.45, 2.75) is 13.1 Å². The SMILES string of the molecule is [O-][Cl+3]([O-])([O-])OC1=CCN(Cc2ccccc2)C=C1.[O-][Cl+3]([O-])([O-])OC1=CCN(Cc2ccccc2)C=C1. The highest BCUT2D eigenvalue weighted by Crippen LogP contribution is 2.15. The Labute approximate surface area is 213 Å². The molecule has 0 saturated carbocycles. The van der Waals surface area contributed by atoms with Gasteiger partial charge in [-0.3, -0.25) is 0 Å². The van der Waals surface area contributed by atoms with Gasteiger partial charge in [0.25, 0.3) is 11.5 Å². The molecule has 12 heteroatoms. The zero-order chi connectivity index (χ0) is 26.0. The minimum Gasteiger partial charge on any atom is -0.369 e. The molecule has 192 valence electrons. The number of halogens is 2. The third kappa shape index (κ3) is 10.7. The summed E-state index contributed by atoms with van der Waals surface area (Å²) in [6.07, 6.45) is 9.40. The Morgan fingerprint density at radius 3 is 1.22 bits per heavy atom. The lowest BCUT2D eigenvalue weighted by molar-refractivity contribution is -1.92. The van der Waals surface area contributed by atoms with Crippen LogP contribution in [0.15, 0.2) is 109 Å². The van der Waals surface area contributed by atoms with E-state index in [-0.39, 0.29) is 11.5 Å². The van der Waals surface area contributed by atoms with Crippen LogP contribution in [0.1, 0.15) is 11.1 Å². The number of hydrogen-bond donors (Lipinski definition) is 0. The lowest BCUT2D eigenvalue weighted by atomic mass is 10.2. The van der Waals surface area contributed by atoms with Crippen molar-refractivity contribution in [1.29, 1.82) is 0 Å². The smallest absolute Gasteiger partial charge is 0.287 e. The van der Waals surface area contributed by atoms with Crippen molar-refractivity contribution in [3.63, 3.8) is 0 Å². The Morgan fingerprint density at radius 2 is 0.944 bits per heavy atom. The van der Waals surface area contributed by atoms with Crippen molar-refractivity contribution < 1.29 is 57.0 Å². The maximum absolute atomic E-state index is 10.4. The highest BCUT2D eigenvalue weighted by Gasteiger charge is 2.23. The minimum absolute atomic E-state index is 0.0518. The molecule has 0 atom stereocenters. The van der Waals surface area contributed by atoms with E-state index in [1.54, 1.807) is 24.6 Å². The molecular weight excluding hydrogens is 515 g/mol. The number of allylic oxidation sites excluding steroid dienone is 2. The van der Waals surface area contributed by atoms with Gasteiger partial charge in [-0.05, 0) is 23.3 Å². The third-order valence-electron chi connectivity index (χ3n) is 4.78. The summed E-state index contributed by atoms with van der Waals surface area (Å²) >= 11 is 0. The zero-order valence-corrected chi connectivity index (χ0v) is 20.5. The number of nitrogens with zero attached hydrogens (tertiary/aromatic N) is 2. The molecule has 2 heterocycles. The minimum atomic E-state index is -4.42. The summed E-state index contributed by atoms with van der Waals surface area (Å²) < 4.78 is 70.7. The molecule has 2 aromatic carbocycles. The summed E-state index contributed by atoms with van der Waals surface area (Å²) in [6.45, 7) is 2.41. The van der Waals surface area contributed by atoms with Gasteiger partial charge in [0.2, 0.25) is 0 Å². The fourth-order valence-electron chi connectivity index (χ4n) is 3.23. The van der Waals surface area contributed by atoms with E-state index in [0.29, 0.717) is 26.2 Å². The molecule has 0 unspecified atom stereocenters. The average molecular weight is 539 g/mol. The van der Waals surface area contributed by atoms with E-state index >= 15 is 0 Å². The fraction of sp³-hybridized carbons (Fsp3) is 0.167. The normalized spacial score (nSPS) is 15.5. The first-order valence-electron chi connectivity index (χ1n) is 10.6. The van der Waals surface area contributed by atoms with E-state index in [2.05, 4.69) is 8.58 Å². The first-order valence-corrected chi connectivity index (χ1v) is 13.1. The van der Waals surface area contributed by atoms with E-state index in [9.17, 15) is 28.0 Å². The lowest BCUT2D eigenvalue weighted by Crippen LogP contribution is -2.60. The molecule has 0 aliphatic carbocycles. The van der Waals surface area contributed by atoms with E-state index in [1.165, 1.54) is 12.2 Å². The van der Waals surface area contributed by atoms with Crippen LogP contribution in [0.5, 0.6) is 0 Å². The maximum Gasteiger partial charge on any atom is 0.287 e. The summed E-state index contributed by atoms with van der Waals surface area (Å²) in [5, 5.41) is 0. The van der Waals surface area contributed by atoms with Crippen LogP contribution in [-0.2, 0) is 21.7 Å². The van der Waals surface area contributed by atoms with E-state index < -0.39 is 20.5 Å². The van der Waals surface area contributed by atoms with Crippen LogP contribution in [-0.4, -0.2) is 22.9 Å². The molecule has 10 nitrogen and oxygen atoms in total. The predicted molar refractivity (Wildman–Crippen MR) is 110 cm³/mol. The number of benzene rings is 2. The maximum atomic E-state index is 10.4. The van der Waals surface area contributed by atoms with E-state index in [4.69, 9.17) is 0 Å². The summed E-state index contributed by atoms with van der Waals surface area (Å²) in [5.74, 6) is 0.104. The van der Waals surface area contributed by atoms with Crippen LogP contribution in [0.4, 0.5) is 0 Å². The molecule has 2 aliphatic rings. The van der Waals surface area contributed by atoms with Crippen molar-refractivity contribution in [2.24, 2.45) is 0 Å². The van der Waals surface area contributed by atoms with Gasteiger partial charge in [0.15, 0.2) is 0 Å². The van der Waals surface area contributed by atoms with Crippen LogP contribution in [0.25, 0.3) is 0 Å². The second-order valence-corrected chi connectivity index (χ2v) is 9.41. The van der Waals surface area contributed by atoms with E-state index in [0.717, 1.165) is 11.1 Å². The average Bonchev–Trinajstić information content (AvgIpc) is 2.82. The second-order valence-electron chi connectivity index (χ2n) is 7.58. The van der Waals surface area contributed by atoms with Crippen LogP contribution in [0.2, 0.25) is 0 Å². The highest BCUT2D eigenvalue weighted by molar-refractivity contribution is 5.20. The van der Waals surface area contributed by atoms with Crippen LogP contribution in [0.3, 0.4) is 0 Å². The first-order chi connectivity index (χ1) is 17.1. The van der Waals surface area contributed by atoms with Gasteiger partial charge >= 0.3 is 0 Å². The predicted octanol–water partition coefficient (Wildman–Crippen LogP) is -2.37. The Bertz CT molecular complexity index is 993. The lowest BCUT2D eigenvalue weighted by Gasteiger charge is -2.22. The van der Waals surface area contributed by atoms with Gasteiger partial charge in [0, 0.05) is 50.7 Å². The van der Waals surface area contributed by atoms with Gasteiger partial charge in [-0.1, -0.05) is 69.2 Å². The molecule has 0 aromatic heterocycles. The van der Waals surface area contributed by atoms with Crippen molar-refractivity contribution >= 4 is 0 Å². The molecule has 0 fully saturated rings. The number of rotatable bonds is 8. The summed E-state index contributed by atoms with van der Waals surface area (Å²) in [6, 6.07) is 19.7. The molecule has 0 N–H and O–H groups in total. The Morgan fingerprint density at radius 1 is 0.583 bits per heavy atom. The van der Waals surface area contributed by atoms with Gasteiger partial charge < -0.3 is 9.80 Å². The van der Waals surface area contributed by atoms with Crippen LogP contribution >= 0.6 is 0 Å². The van der Waals surface area contributed by atoms with Gasteiger partial charge in [0.05, 0.1) is 0 Å². The van der Waals surface area contributed by atoms with Crippen LogP contribution < -0.4 is 28.0 Å². The largest absolute Gasteiger partial charge is 0.369 e. The summed E-state index contributed by atoms with van der Waals surface area (Å²) in [7, 11) is -8.84. The van der Waals surface area contributed by atoms with Crippen molar-refractivity contribution in [3.05, 3.63) is 120 Å². The van der Waals surface area contributed by atoms with E-state index in [1.807, 2.05) is 70.5 Å². The van der Waals surface area contributed by atoms with Gasteiger partial charge in [-0.15, -0.1) is 0 Å². The molecular formula is C24H24Cl2N2O8. The molecule has 0 spiro atoms. The molecule has 0 amide bonds. The monoisotopic (exact) mass is 538 g/mol. The fourth-order valence-corrected chi connectivity index (χ4v) is 3.90. The molecule has 0 bridgehead atoms. The molecule has 2 aromatic rings. The molecule has 4 rings (SSSR count).